The number of epoxide rings is 1. The Morgan fingerprint density at radius 2 is 1.62 bits per heavy atom. The molecule has 0 aliphatic carbocycles. The highest BCUT2D eigenvalue weighted by atomic mass is 16.6. The van der Waals surface area contributed by atoms with Crippen molar-refractivity contribution in [2.45, 2.75) is 31.8 Å². The predicted molar refractivity (Wildman–Crippen MR) is 80.3 cm³/mol. The molecule has 1 atom stereocenters. The molecule has 2 N–H and O–H groups in total. The molecule has 21 heavy (non-hydrogen) atoms. The van der Waals surface area contributed by atoms with Gasteiger partial charge in [-0.25, -0.2) is 9.59 Å². The molecule has 6 heteroatoms. The lowest BCUT2D eigenvalue weighted by Crippen LogP contribution is -2.13. The van der Waals surface area contributed by atoms with Crippen molar-refractivity contribution in [2.75, 3.05) is 27.2 Å². The summed E-state index contributed by atoms with van der Waals surface area (Å²) in [4.78, 5) is 22.5. The molecule has 1 fully saturated rings. The van der Waals surface area contributed by atoms with Crippen molar-refractivity contribution in [3.8, 4) is 0 Å². The van der Waals surface area contributed by atoms with Crippen LogP contribution in [0.5, 0.6) is 0 Å². The van der Waals surface area contributed by atoms with Crippen LogP contribution in [0.2, 0.25) is 0 Å². The number of hydrogen-bond donors (Lipinski definition) is 2. The van der Waals surface area contributed by atoms with Crippen LogP contribution in [0.25, 0.3) is 0 Å². The highest BCUT2D eigenvalue weighted by molar-refractivity contribution is 5.86. The molecule has 1 aliphatic heterocycles. The lowest BCUT2D eigenvalue weighted by atomic mass is 10.1. The van der Waals surface area contributed by atoms with E-state index in [1.54, 1.807) is 0 Å². The highest BCUT2D eigenvalue weighted by Crippen LogP contribution is 2.17. The number of carbonyl (C=O) groups is 2. The van der Waals surface area contributed by atoms with Gasteiger partial charge in [0.15, 0.2) is 0 Å². The lowest BCUT2D eigenvalue weighted by molar-refractivity contribution is -0.133. The number of aliphatic carboxylic acids is 2. The zero-order valence-corrected chi connectivity index (χ0v) is 12.8. The third-order valence-electron chi connectivity index (χ3n) is 2.86. The summed E-state index contributed by atoms with van der Waals surface area (Å²) in [6, 6.07) is 0. The van der Waals surface area contributed by atoms with Gasteiger partial charge in [0.05, 0.1) is 12.7 Å². The molecule has 0 spiro atoms. The van der Waals surface area contributed by atoms with Crippen molar-refractivity contribution in [1.29, 1.82) is 0 Å². The van der Waals surface area contributed by atoms with E-state index in [2.05, 4.69) is 13.2 Å². The summed E-state index contributed by atoms with van der Waals surface area (Å²) >= 11 is 0. The SMILES string of the molecule is C=C(CCC1CO1)C(=O)O.C=C(CCCN(C)C)C(=O)O. The van der Waals surface area contributed by atoms with Gasteiger partial charge in [0.1, 0.15) is 0 Å². The van der Waals surface area contributed by atoms with Crippen molar-refractivity contribution in [3.05, 3.63) is 24.3 Å². The van der Waals surface area contributed by atoms with Gasteiger partial charge < -0.3 is 19.8 Å². The second kappa shape index (κ2) is 10.1. The minimum atomic E-state index is -0.902. The summed E-state index contributed by atoms with van der Waals surface area (Å²) in [6.07, 6.45) is 3.08. The smallest absolute Gasteiger partial charge is 0.330 e. The van der Waals surface area contributed by atoms with E-state index in [1.165, 1.54) is 0 Å². The summed E-state index contributed by atoms with van der Waals surface area (Å²) in [6.45, 7) is 8.53. The highest BCUT2D eigenvalue weighted by Gasteiger charge is 2.22. The van der Waals surface area contributed by atoms with E-state index in [0.717, 1.165) is 26.0 Å². The predicted octanol–water partition coefficient (Wildman–Crippen LogP) is 1.78. The Bertz CT molecular complexity index is 386. The van der Waals surface area contributed by atoms with E-state index in [9.17, 15) is 9.59 Å². The van der Waals surface area contributed by atoms with Crippen LogP contribution in [-0.2, 0) is 14.3 Å². The molecule has 1 aliphatic rings. The molecule has 1 unspecified atom stereocenters. The minimum Gasteiger partial charge on any atom is -0.478 e. The molecule has 1 heterocycles. The molecule has 0 aromatic heterocycles. The van der Waals surface area contributed by atoms with Gasteiger partial charge in [-0.15, -0.1) is 0 Å². The van der Waals surface area contributed by atoms with Crippen molar-refractivity contribution in [3.63, 3.8) is 0 Å². The Balaban J connectivity index is 0.000000382. The van der Waals surface area contributed by atoms with Crippen molar-refractivity contribution < 1.29 is 24.5 Å². The van der Waals surface area contributed by atoms with Gasteiger partial charge in [0.25, 0.3) is 0 Å². The quantitative estimate of drug-likeness (QED) is 0.498. The third-order valence-corrected chi connectivity index (χ3v) is 2.86. The molecule has 0 amide bonds. The number of ether oxygens (including phenoxy) is 1. The van der Waals surface area contributed by atoms with E-state index >= 15 is 0 Å². The molecule has 0 saturated carbocycles. The van der Waals surface area contributed by atoms with Crippen LogP contribution < -0.4 is 0 Å². The molecule has 1 saturated heterocycles. The summed E-state index contributed by atoms with van der Waals surface area (Å²) in [5.41, 5.74) is 0.572. The van der Waals surface area contributed by atoms with Gasteiger partial charge in [0.2, 0.25) is 0 Å². The van der Waals surface area contributed by atoms with E-state index in [1.807, 2.05) is 19.0 Å². The van der Waals surface area contributed by atoms with Gasteiger partial charge >= 0.3 is 11.9 Å². The minimum absolute atomic E-state index is 0.274. The summed E-state index contributed by atoms with van der Waals surface area (Å²) in [7, 11) is 3.92. The standard InChI is InChI=1S/C8H15NO2.C7H10O3/c1-7(8(10)11)5-4-6-9(2)3;1-5(7(8)9)2-3-6-4-10-6/h1,4-6H2,2-3H3,(H,10,11);6H,1-4H2,(H,8,9). The maximum Gasteiger partial charge on any atom is 0.330 e. The monoisotopic (exact) mass is 299 g/mol. The van der Waals surface area contributed by atoms with Crippen LogP contribution >= 0.6 is 0 Å². The molecule has 6 nitrogen and oxygen atoms in total. The van der Waals surface area contributed by atoms with Gasteiger partial charge in [-0.2, -0.15) is 0 Å². The number of rotatable bonds is 9. The molecule has 120 valence electrons. The van der Waals surface area contributed by atoms with Crippen LogP contribution in [0, 0.1) is 0 Å². The van der Waals surface area contributed by atoms with Crippen molar-refractivity contribution in [1.82, 2.24) is 4.90 Å². The van der Waals surface area contributed by atoms with E-state index < -0.39 is 11.9 Å². The fraction of sp³-hybridized carbons (Fsp3) is 0.600. The molecular formula is C15H25NO5. The fourth-order valence-electron chi connectivity index (χ4n) is 1.39. The number of carboxylic acids is 2. The third kappa shape index (κ3) is 11.8. The Hall–Kier alpha value is -1.66. The van der Waals surface area contributed by atoms with Crippen LogP contribution in [0.3, 0.4) is 0 Å². The molecule has 0 aromatic carbocycles. The average molecular weight is 299 g/mol. The van der Waals surface area contributed by atoms with Crippen molar-refractivity contribution >= 4 is 11.9 Å². The Morgan fingerprint density at radius 1 is 1.14 bits per heavy atom. The maximum absolute atomic E-state index is 10.3. The topological polar surface area (TPSA) is 90.4 Å². The van der Waals surface area contributed by atoms with Crippen LogP contribution in [-0.4, -0.2) is 60.4 Å². The number of hydrogen-bond acceptors (Lipinski definition) is 4. The van der Waals surface area contributed by atoms with Gasteiger partial charge in [-0.3, -0.25) is 0 Å². The molecule has 0 bridgehead atoms. The first-order valence-electron chi connectivity index (χ1n) is 6.82. The summed E-state index contributed by atoms with van der Waals surface area (Å²) in [5, 5.41) is 16.8. The first-order chi connectivity index (χ1) is 9.73. The average Bonchev–Trinajstić information content (AvgIpc) is 3.19. The first-order valence-corrected chi connectivity index (χ1v) is 6.82. The van der Waals surface area contributed by atoms with E-state index in [4.69, 9.17) is 14.9 Å². The normalized spacial score (nSPS) is 15.9. The largest absolute Gasteiger partial charge is 0.478 e. The lowest BCUT2D eigenvalue weighted by Gasteiger charge is -2.08. The van der Waals surface area contributed by atoms with Crippen LogP contribution in [0.1, 0.15) is 25.7 Å². The Labute approximate surface area is 125 Å². The van der Waals surface area contributed by atoms with Gasteiger partial charge in [-0.05, 0) is 46.3 Å². The summed E-state index contributed by atoms with van der Waals surface area (Å²) in [5.74, 6) is -1.79. The van der Waals surface area contributed by atoms with Crippen LogP contribution in [0.15, 0.2) is 24.3 Å². The van der Waals surface area contributed by atoms with Crippen molar-refractivity contribution in [2.24, 2.45) is 0 Å². The second-order valence-electron chi connectivity index (χ2n) is 5.22. The van der Waals surface area contributed by atoms with E-state index in [0.29, 0.717) is 24.5 Å². The Kier molecular flexibility index (Phi) is 9.32. The second-order valence-corrected chi connectivity index (χ2v) is 5.22. The maximum atomic E-state index is 10.3. The zero-order valence-electron chi connectivity index (χ0n) is 12.8. The van der Waals surface area contributed by atoms with Crippen LogP contribution in [0.4, 0.5) is 0 Å². The zero-order chi connectivity index (χ0) is 16.4. The number of nitrogens with zero attached hydrogens (tertiary/aromatic N) is 1. The molecule has 0 radical (unpaired) electrons. The summed E-state index contributed by atoms with van der Waals surface area (Å²) < 4.78 is 4.90. The molecule has 0 aromatic rings. The van der Waals surface area contributed by atoms with E-state index in [-0.39, 0.29) is 5.57 Å². The Morgan fingerprint density at radius 3 is 2.00 bits per heavy atom. The molecule has 1 rings (SSSR count). The fourth-order valence-corrected chi connectivity index (χ4v) is 1.39. The first kappa shape index (κ1) is 19.3. The number of carboxylic acid groups (broad SMARTS) is 2. The molecular weight excluding hydrogens is 274 g/mol. The van der Waals surface area contributed by atoms with Gasteiger partial charge in [0, 0.05) is 11.1 Å². The van der Waals surface area contributed by atoms with Gasteiger partial charge in [-0.1, -0.05) is 13.2 Å².